The number of hydrogen-bond acceptors (Lipinski definition) is 6. The molecule has 2 aromatic carbocycles. The predicted octanol–water partition coefficient (Wildman–Crippen LogP) is 4.67. The van der Waals surface area contributed by atoms with Gasteiger partial charge in [0.05, 0.1) is 23.0 Å². The molecular weight excluding hydrogens is 473 g/mol. The summed E-state index contributed by atoms with van der Waals surface area (Å²) in [6.45, 7) is 0.277. The molecule has 7 nitrogen and oxygen atoms in total. The summed E-state index contributed by atoms with van der Waals surface area (Å²) in [5.74, 6) is -0.166. The average molecular weight is 492 g/mol. The molecule has 0 fully saturated rings. The smallest absolute Gasteiger partial charge is 0.265 e. The Balaban J connectivity index is 1.55. The Hall–Kier alpha value is -2.65. The summed E-state index contributed by atoms with van der Waals surface area (Å²) in [6, 6.07) is 10.2. The van der Waals surface area contributed by atoms with Gasteiger partial charge in [0.2, 0.25) is 5.91 Å². The Bertz CT molecular complexity index is 1150. The van der Waals surface area contributed by atoms with Gasteiger partial charge in [-0.3, -0.25) is 14.5 Å². The van der Waals surface area contributed by atoms with Crippen LogP contribution in [0.2, 0.25) is 10.0 Å². The molecule has 4 rings (SSSR count). The number of carbonyl (C=O) groups excluding carboxylic acids is 2. The molecule has 2 amide bonds. The second-order valence-electron chi connectivity index (χ2n) is 7.03. The van der Waals surface area contributed by atoms with Crippen LogP contribution in [0.15, 0.2) is 41.8 Å². The first-order chi connectivity index (χ1) is 15.4. The number of amides is 2. The molecule has 0 aliphatic carbocycles. The number of aromatic nitrogens is 1. The SMILES string of the molecule is COCCc1nc(-c2ccc3c(c2)N(CC(=O)Nc2cc(Cl)cc(Cl)c2)C(=O)CO3)cs1. The van der Waals surface area contributed by atoms with Crippen LogP contribution in [-0.4, -0.2) is 43.7 Å². The first kappa shape index (κ1) is 22.5. The van der Waals surface area contributed by atoms with Crippen molar-refractivity contribution in [3.05, 3.63) is 56.8 Å². The highest BCUT2D eigenvalue weighted by atomic mass is 35.5. The van der Waals surface area contributed by atoms with Gasteiger partial charge in [-0.05, 0) is 36.4 Å². The molecule has 1 aliphatic rings. The third kappa shape index (κ3) is 5.21. The Labute approximate surface area is 198 Å². The zero-order chi connectivity index (χ0) is 22.7. The molecule has 2 heterocycles. The van der Waals surface area contributed by atoms with E-state index in [1.165, 1.54) is 4.90 Å². The second kappa shape index (κ2) is 9.87. The van der Waals surface area contributed by atoms with Gasteiger partial charge < -0.3 is 14.8 Å². The molecule has 0 saturated heterocycles. The van der Waals surface area contributed by atoms with Gasteiger partial charge in [0.1, 0.15) is 12.3 Å². The lowest BCUT2D eigenvalue weighted by Crippen LogP contribution is -2.43. The largest absolute Gasteiger partial charge is 0.482 e. The summed E-state index contributed by atoms with van der Waals surface area (Å²) in [5.41, 5.74) is 2.59. The molecule has 0 bridgehead atoms. The van der Waals surface area contributed by atoms with E-state index in [0.717, 1.165) is 22.7 Å². The van der Waals surface area contributed by atoms with Crippen LogP contribution >= 0.6 is 34.5 Å². The fraction of sp³-hybridized carbons (Fsp3) is 0.227. The molecule has 10 heteroatoms. The summed E-state index contributed by atoms with van der Waals surface area (Å²) < 4.78 is 10.7. The molecule has 0 radical (unpaired) electrons. The lowest BCUT2D eigenvalue weighted by molar-refractivity contribution is -0.123. The number of halogens is 2. The number of thiazole rings is 1. The molecule has 1 aromatic heterocycles. The fourth-order valence-corrected chi connectivity index (χ4v) is 4.57. The van der Waals surface area contributed by atoms with E-state index in [9.17, 15) is 9.59 Å². The van der Waals surface area contributed by atoms with Gasteiger partial charge in [-0.1, -0.05) is 23.2 Å². The third-order valence-electron chi connectivity index (χ3n) is 4.72. The van der Waals surface area contributed by atoms with Crippen LogP contribution in [0.1, 0.15) is 5.01 Å². The molecule has 166 valence electrons. The monoisotopic (exact) mass is 491 g/mol. The van der Waals surface area contributed by atoms with E-state index in [-0.39, 0.29) is 25.0 Å². The van der Waals surface area contributed by atoms with E-state index in [2.05, 4.69) is 10.3 Å². The van der Waals surface area contributed by atoms with Crippen LogP contribution in [0, 0.1) is 0 Å². The minimum Gasteiger partial charge on any atom is -0.482 e. The highest BCUT2D eigenvalue weighted by molar-refractivity contribution is 7.09. The van der Waals surface area contributed by atoms with E-state index in [1.54, 1.807) is 42.7 Å². The molecule has 0 spiro atoms. The number of hydrogen-bond donors (Lipinski definition) is 1. The molecule has 1 aliphatic heterocycles. The molecule has 0 atom stereocenters. The number of ether oxygens (including phenoxy) is 2. The van der Waals surface area contributed by atoms with Gasteiger partial charge >= 0.3 is 0 Å². The van der Waals surface area contributed by atoms with Crippen molar-refractivity contribution in [1.82, 2.24) is 4.98 Å². The Kier molecular flexibility index (Phi) is 6.95. The number of anilines is 2. The van der Waals surface area contributed by atoms with Gasteiger partial charge in [0.15, 0.2) is 6.61 Å². The van der Waals surface area contributed by atoms with E-state index >= 15 is 0 Å². The zero-order valence-electron chi connectivity index (χ0n) is 17.1. The molecular formula is C22H19Cl2N3O4S. The van der Waals surface area contributed by atoms with E-state index < -0.39 is 0 Å². The minimum absolute atomic E-state index is 0.138. The summed E-state index contributed by atoms with van der Waals surface area (Å²) in [4.78, 5) is 31.3. The number of methoxy groups -OCH3 is 1. The Morgan fingerprint density at radius 3 is 2.78 bits per heavy atom. The van der Waals surface area contributed by atoms with Crippen molar-refractivity contribution in [2.75, 3.05) is 37.1 Å². The van der Waals surface area contributed by atoms with E-state index in [4.69, 9.17) is 32.7 Å². The number of nitrogens with one attached hydrogen (secondary N) is 1. The zero-order valence-corrected chi connectivity index (χ0v) is 19.4. The first-order valence-corrected chi connectivity index (χ1v) is 11.3. The van der Waals surface area contributed by atoms with Gasteiger partial charge in [0.25, 0.3) is 5.91 Å². The molecule has 3 aromatic rings. The summed E-state index contributed by atoms with van der Waals surface area (Å²) in [6.07, 6.45) is 0.730. The quantitative estimate of drug-likeness (QED) is 0.519. The standard InChI is InChI=1S/C22H19Cl2N3O4S/c1-30-5-4-21-26-17(12-32-21)13-2-3-19-18(6-13)27(22(29)11-31-19)10-20(28)25-16-8-14(23)7-15(24)9-16/h2-3,6-9,12H,4-5,10-11H2,1H3,(H,25,28). The maximum atomic E-state index is 12.7. The van der Waals surface area contributed by atoms with Crippen LogP contribution in [-0.2, 0) is 20.7 Å². The lowest BCUT2D eigenvalue weighted by Gasteiger charge is -2.29. The predicted molar refractivity (Wildman–Crippen MR) is 126 cm³/mol. The summed E-state index contributed by atoms with van der Waals surface area (Å²) in [5, 5.41) is 6.45. The number of benzene rings is 2. The van der Waals surface area contributed by atoms with Crippen LogP contribution in [0.25, 0.3) is 11.3 Å². The Morgan fingerprint density at radius 2 is 2.03 bits per heavy atom. The van der Waals surface area contributed by atoms with Crippen molar-refractivity contribution in [3.8, 4) is 17.0 Å². The normalized spacial score (nSPS) is 13.0. The van der Waals surface area contributed by atoms with Gasteiger partial charge in [0, 0.05) is 40.2 Å². The number of rotatable bonds is 7. The number of nitrogens with zero attached hydrogens (tertiary/aromatic N) is 2. The minimum atomic E-state index is -0.384. The lowest BCUT2D eigenvalue weighted by atomic mass is 10.1. The topological polar surface area (TPSA) is 80.8 Å². The van der Waals surface area contributed by atoms with Crippen LogP contribution in [0.5, 0.6) is 5.75 Å². The van der Waals surface area contributed by atoms with Gasteiger partial charge in [-0.15, -0.1) is 11.3 Å². The summed E-state index contributed by atoms with van der Waals surface area (Å²) >= 11 is 13.5. The first-order valence-electron chi connectivity index (χ1n) is 9.70. The Morgan fingerprint density at radius 1 is 1.25 bits per heavy atom. The van der Waals surface area contributed by atoms with Gasteiger partial charge in [-0.2, -0.15) is 0 Å². The van der Waals surface area contributed by atoms with Crippen molar-refractivity contribution in [2.45, 2.75) is 6.42 Å². The number of fused-ring (bicyclic) bond motifs is 1. The van der Waals surface area contributed by atoms with E-state index in [0.29, 0.717) is 33.8 Å². The highest BCUT2D eigenvalue weighted by Gasteiger charge is 2.28. The van der Waals surface area contributed by atoms with Crippen molar-refractivity contribution in [3.63, 3.8) is 0 Å². The number of carbonyl (C=O) groups is 2. The summed E-state index contributed by atoms with van der Waals surface area (Å²) in [7, 11) is 1.65. The fourth-order valence-electron chi connectivity index (χ4n) is 3.25. The maximum Gasteiger partial charge on any atom is 0.265 e. The molecule has 0 unspecified atom stereocenters. The van der Waals surface area contributed by atoms with Crippen LogP contribution in [0.4, 0.5) is 11.4 Å². The van der Waals surface area contributed by atoms with Crippen LogP contribution in [0.3, 0.4) is 0 Å². The maximum absolute atomic E-state index is 12.7. The van der Waals surface area contributed by atoms with Gasteiger partial charge in [-0.25, -0.2) is 4.98 Å². The van der Waals surface area contributed by atoms with Crippen molar-refractivity contribution >= 4 is 57.7 Å². The van der Waals surface area contributed by atoms with Crippen LogP contribution < -0.4 is 15.0 Å². The average Bonchev–Trinajstić information content (AvgIpc) is 3.22. The molecule has 0 saturated carbocycles. The molecule has 1 N–H and O–H groups in total. The second-order valence-corrected chi connectivity index (χ2v) is 8.84. The van der Waals surface area contributed by atoms with Crippen molar-refractivity contribution in [2.24, 2.45) is 0 Å². The van der Waals surface area contributed by atoms with Crippen molar-refractivity contribution < 1.29 is 19.1 Å². The molecule has 32 heavy (non-hydrogen) atoms. The van der Waals surface area contributed by atoms with Crippen molar-refractivity contribution in [1.29, 1.82) is 0 Å². The highest BCUT2D eigenvalue weighted by Crippen LogP contribution is 2.36. The van der Waals surface area contributed by atoms with E-state index in [1.807, 2.05) is 17.5 Å². The third-order valence-corrected chi connectivity index (χ3v) is 6.06.